The molecule has 4 heterocycles. The molecule has 9 heteroatoms. The molecule has 40 heavy (non-hydrogen) atoms. The monoisotopic (exact) mass is 534 g/mol. The predicted molar refractivity (Wildman–Crippen MR) is 148 cm³/mol. The van der Waals surface area contributed by atoms with Crippen molar-refractivity contribution in [2.45, 2.75) is 6.10 Å². The van der Waals surface area contributed by atoms with Gasteiger partial charge < -0.3 is 23.4 Å². The number of nitrogens with zero attached hydrogens (tertiary/aromatic N) is 2. The summed E-state index contributed by atoms with van der Waals surface area (Å²) in [5.41, 5.74) is 1.62. The largest absolute Gasteiger partial charge is 0.490 e. The van der Waals surface area contributed by atoms with Gasteiger partial charge in [-0.05, 0) is 48.5 Å². The lowest BCUT2D eigenvalue weighted by molar-refractivity contribution is 0.0636. The van der Waals surface area contributed by atoms with Gasteiger partial charge in [0.2, 0.25) is 0 Å². The minimum atomic E-state index is -1.06. The van der Waals surface area contributed by atoms with Crippen LogP contribution in [0.4, 0.5) is 0 Å². The highest BCUT2D eigenvalue weighted by molar-refractivity contribution is 5.85. The van der Waals surface area contributed by atoms with Crippen LogP contribution in [0.2, 0.25) is 0 Å². The molecule has 198 valence electrons. The lowest BCUT2D eigenvalue weighted by Gasteiger charge is -2.15. The molecular formula is C31H22N2O7. The van der Waals surface area contributed by atoms with Crippen molar-refractivity contribution >= 4 is 21.9 Å². The lowest BCUT2D eigenvalue weighted by atomic mass is 10.1. The summed E-state index contributed by atoms with van der Waals surface area (Å²) < 4.78 is 23.4. The zero-order chi connectivity index (χ0) is 27.5. The van der Waals surface area contributed by atoms with Crippen molar-refractivity contribution in [1.82, 2.24) is 9.97 Å². The summed E-state index contributed by atoms with van der Waals surface area (Å²) in [4.78, 5) is 33.8. The summed E-state index contributed by atoms with van der Waals surface area (Å²) in [6.07, 6.45) is 5.41. The van der Waals surface area contributed by atoms with Gasteiger partial charge in [-0.3, -0.25) is 19.6 Å². The second-order valence-corrected chi connectivity index (χ2v) is 8.96. The van der Waals surface area contributed by atoms with Crippen LogP contribution >= 0.6 is 0 Å². The van der Waals surface area contributed by atoms with Crippen LogP contribution in [0.3, 0.4) is 0 Å². The summed E-state index contributed by atoms with van der Waals surface area (Å²) >= 11 is 0. The van der Waals surface area contributed by atoms with Crippen LogP contribution < -0.4 is 20.3 Å². The molecule has 1 N–H and O–H groups in total. The fourth-order valence-corrected chi connectivity index (χ4v) is 4.33. The summed E-state index contributed by atoms with van der Waals surface area (Å²) in [5.74, 6) is 1.39. The third-order valence-electron chi connectivity index (χ3n) is 6.23. The van der Waals surface area contributed by atoms with Gasteiger partial charge in [0, 0.05) is 48.0 Å². The number of hydrogen-bond donors (Lipinski definition) is 1. The molecule has 0 amide bonds. The average Bonchev–Trinajstić information content (AvgIpc) is 2.99. The Labute approximate surface area is 226 Å². The topological polar surface area (TPSA) is 125 Å². The van der Waals surface area contributed by atoms with E-state index in [0.29, 0.717) is 22.7 Å². The molecule has 0 bridgehead atoms. The van der Waals surface area contributed by atoms with Gasteiger partial charge in [0.1, 0.15) is 64.3 Å². The molecule has 0 aliphatic heterocycles. The minimum Gasteiger partial charge on any atom is -0.490 e. The SMILES string of the molecule is O=c1cc(-c2ccncc2)oc2cccc(OCC(O)COc3cccc4oc(-c5ccncc5)cc(=O)c34)c12. The number of pyridine rings is 2. The number of ether oxygens (including phenoxy) is 2. The molecule has 0 fully saturated rings. The zero-order valence-electron chi connectivity index (χ0n) is 21.0. The van der Waals surface area contributed by atoms with Gasteiger partial charge in [-0.15, -0.1) is 0 Å². The maximum atomic E-state index is 12.9. The van der Waals surface area contributed by atoms with Crippen LogP contribution in [-0.4, -0.2) is 34.4 Å². The number of fused-ring (bicyclic) bond motifs is 2. The van der Waals surface area contributed by atoms with Gasteiger partial charge in [0.25, 0.3) is 0 Å². The van der Waals surface area contributed by atoms with E-state index in [0.717, 1.165) is 11.1 Å². The number of rotatable bonds is 8. The summed E-state index contributed by atoms with van der Waals surface area (Å²) in [6.45, 7) is -0.313. The molecule has 0 unspecified atom stereocenters. The number of aliphatic hydroxyl groups is 1. The molecule has 0 aliphatic carbocycles. The van der Waals surface area contributed by atoms with Crippen LogP contribution in [0.1, 0.15) is 0 Å². The Kier molecular flexibility index (Phi) is 6.78. The molecule has 6 rings (SSSR count). The van der Waals surface area contributed by atoms with Gasteiger partial charge in [-0.1, -0.05) is 12.1 Å². The van der Waals surface area contributed by atoms with Gasteiger partial charge in [0.15, 0.2) is 10.9 Å². The van der Waals surface area contributed by atoms with Gasteiger partial charge in [0.05, 0.1) is 0 Å². The predicted octanol–water partition coefficient (Wildman–Crippen LogP) is 4.84. The Morgan fingerprint density at radius 3 is 1.50 bits per heavy atom. The normalized spacial score (nSPS) is 11.2. The Balaban J connectivity index is 1.17. The molecule has 6 aromatic rings. The number of aliphatic hydroxyl groups excluding tert-OH is 1. The number of benzene rings is 2. The van der Waals surface area contributed by atoms with E-state index in [1.807, 2.05) is 0 Å². The third kappa shape index (κ3) is 5.05. The van der Waals surface area contributed by atoms with Crippen molar-refractivity contribution in [3.8, 4) is 34.1 Å². The van der Waals surface area contributed by atoms with Crippen LogP contribution in [0, 0.1) is 0 Å². The highest BCUT2D eigenvalue weighted by Gasteiger charge is 2.16. The molecule has 0 spiro atoms. The Morgan fingerprint density at radius 2 is 1.07 bits per heavy atom. The van der Waals surface area contributed by atoms with Crippen molar-refractivity contribution in [1.29, 1.82) is 0 Å². The smallest absolute Gasteiger partial charge is 0.197 e. The van der Waals surface area contributed by atoms with E-state index in [1.165, 1.54) is 12.1 Å². The highest BCUT2D eigenvalue weighted by atomic mass is 16.5. The first kappa shape index (κ1) is 25.0. The molecular weight excluding hydrogens is 512 g/mol. The van der Waals surface area contributed by atoms with E-state index in [-0.39, 0.29) is 46.3 Å². The van der Waals surface area contributed by atoms with Crippen LogP contribution in [0.25, 0.3) is 44.6 Å². The van der Waals surface area contributed by atoms with Crippen molar-refractivity contribution in [3.63, 3.8) is 0 Å². The van der Waals surface area contributed by atoms with E-state index in [2.05, 4.69) is 9.97 Å². The first-order valence-electron chi connectivity index (χ1n) is 12.4. The van der Waals surface area contributed by atoms with Crippen LogP contribution in [-0.2, 0) is 0 Å². The van der Waals surface area contributed by atoms with Crippen molar-refractivity contribution in [2.24, 2.45) is 0 Å². The van der Waals surface area contributed by atoms with Gasteiger partial charge in [-0.2, -0.15) is 0 Å². The first-order chi connectivity index (χ1) is 19.6. The molecule has 9 nitrogen and oxygen atoms in total. The molecule has 0 aliphatic rings. The Hall–Kier alpha value is -5.28. The maximum Gasteiger partial charge on any atom is 0.197 e. The average molecular weight is 535 g/mol. The van der Waals surface area contributed by atoms with Crippen molar-refractivity contribution < 1.29 is 23.4 Å². The molecule has 0 radical (unpaired) electrons. The quantitative estimate of drug-likeness (QED) is 0.292. The molecule has 0 saturated carbocycles. The van der Waals surface area contributed by atoms with E-state index < -0.39 is 6.10 Å². The summed E-state index contributed by atoms with van der Waals surface area (Å²) in [5, 5.41) is 11.1. The van der Waals surface area contributed by atoms with E-state index in [9.17, 15) is 14.7 Å². The Morgan fingerprint density at radius 1 is 0.650 bits per heavy atom. The van der Waals surface area contributed by atoms with E-state index in [1.54, 1.807) is 85.5 Å². The highest BCUT2D eigenvalue weighted by Crippen LogP contribution is 2.29. The third-order valence-corrected chi connectivity index (χ3v) is 6.23. The molecule has 2 aromatic carbocycles. The fraction of sp³-hybridized carbons (Fsp3) is 0.0968. The fourth-order valence-electron chi connectivity index (χ4n) is 4.33. The molecule has 0 saturated heterocycles. The van der Waals surface area contributed by atoms with E-state index >= 15 is 0 Å². The maximum absolute atomic E-state index is 12.9. The van der Waals surface area contributed by atoms with Crippen LogP contribution in [0.15, 0.2) is 116 Å². The van der Waals surface area contributed by atoms with Crippen molar-refractivity contribution in [3.05, 3.63) is 118 Å². The van der Waals surface area contributed by atoms with Gasteiger partial charge >= 0.3 is 0 Å². The summed E-state index contributed by atoms with van der Waals surface area (Å²) in [6, 6.07) is 19.8. The second-order valence-electron chi connectivity index (χ2n) is 8.96. The summed E-state index contributed by atoms with van der Waals surface area (Å²) in [7, 11) is 0. The lowest BCUT2D eigenvalue weighted by Crippen LogP contribution is -2.25. The number of hydrogen-bond acceptors (Lipinski definition) is 9. The number of aromatic nitrogens is 2. The zero-order valence-corrected chi connectivity index (χ0v) is 21.0. The van der Waals surface area contributed by atoms with Crippen LogP contribution in [0.5, 0.6) is 11.5 Å². The Bertz CT molecular complexity index is 1780. The van der Waals surface area contributed by atoms with Crippen molar-refractivity contribution in [2.75, 3.05) is 13.2 Å². The van der Waals surface area contributed by atoms with Gasteiger partial charge in [-0.25, -0.2) is 0 Å². The van der Waals surface area contributed by atoms with E-state index in [4.69, 9.17) is 18.3 Å². The first-order valence-corrected chi connectivity index (χ1v) is 12.4. The molecule has 0 atom stereocenters. The standard InChI is InChI=1S/C31H22N2O7/c34-21(17-37-24-3-1-5-26-30(24)22(35)15-28(39-26)19-7-11-32-12-8-19)18-38-25-4-2-6-27-31(25)23(36)16-29(40-27)20-9-13-33-14-10-20/h1-16,21,34H,17-18H2. The minimum absolute atomic E-state index is 0.157. The molecule has 4 aromatic heterocycles. The second kappa shape index (κ2) is 10.8.